The first kappa shape index (κ1) is 21.7. The van der Waals surface area contributed by atoms with E-state index in [4.69, 9.17) is 4.42 Å². The summed E-state index contributed by atoms with van der Waals surface area (Å²) in [5.41, 5.74) is 5.60. The molecule has 0 fully saturated rings. The SMILES string of the molecule is N#Cc1ccccc1-c1ccc2cc3ccccc3cc2c1-c1coc2c1ccc1c3ccccc3ccc12. The van der Waals surface area contributed by atoms with Crippen molar-refractivity contribution >= 4 is 54.1 Å². The maximum absolute atomic E-state index is 9.96. The lowest BCUT2D eigenvalue weighted by Gasteiger charge is -2.15. The summed E-state index contributed by atoms with van der Waals surface area (Å²) in [5, 5.41) is 20.4. The Morgan fingerprint density at radius 2 is 1.15 bits per heavy atom. The predicted molar refractivity (Wildman–Crippen MR) is 162 cm³/mol. The van der Waals surface area contributed by atoms with Gasteiger partial charge in [0.1, 0.15) is 5.58 Å². The molecule has 0 saturated carbocycles. The van der Waals surface area contributed by atoms with Gasteiger partial charge in [-0.05, 0) is 73.6 Å². The number of furan rings is 1. The molecule has 0 bridgehead atoms. The van der Waals surface area contributed by atoms with Crippen LogP contribution in [0.15, 0.2) is 132 Å². The van der Waals surface area contributed by atoms with Gasteiger partial charge in [0.15, 0.2) is 0 Å². The van der Waals surface area contributed by atoms with Gasteiger partial charge in [0.2, 0.25) is 0 Å². The first-order chi connectivity index (χ1) is 19.3. The van der Waals surface area contributed by atoms with Crippen molar-refractivity contribution in [3.63, 3.8) is 0 Å². The molecule has 0 amide bonds. The van der Waals surface area contributed by atoms with E-state index in [1.54, 1.807) is 0 Å². The van der Waals surface area contributed by atoms with Crippen LogP contribution in [0.3, 0.4) is 0 Å². The monoisotopic (exact) mass is 495 g/mol. The van der Waals surface area contributed by atoms with Crippen LogP contribution in [0.2, 0.25) is 0 Å². The van der Waals surface area contributed by atoms with Crippen molar-refractivity contribution in [3.05, 3.63) is 133 Å². The molecule has 0 saturated heterocycles. The van der Waals surface area contributed by atoms with Gasteiger partial charge in [-0.2, -0.15) is 5.26 Å². The third-order valence-electron chi connectivity index (χ3n) is 7.95. The van der Waals surface area contributed by atoms with Gasteiger partial charge in [0, 0.05) is 27.5 Å². The van der Waals surface area contributed by atoms with Crippen LogP contribution in [-0.2, 0) is 0 Å². The fourth-order valence-electron chi connectivity index (χ4n) is 6.12. The molecular weight excluding hydrogens is 474 g/mol. The van der Waals surface area contributed by atoms with Crippen LogP contribution in [0.1, 0.15) is 5.56 Å². The summed E-state index contributed by atoms with van der Waals surface area (Å²) in [6, 6.07) is 44.7. The van der Waals surface area contributed by atoms with Gasteiger partial charge in [-0.15, -0.1) is 0 Å². The Morgan fingerprint density at radius 3 is 2.03 bits per heavy atom. The highest BCUT2D eigenvalue weighted by Gasteiger charge is 2.20. The third-order valence-corrected chi connectivity index (χ3v) is 7.95. The van der Waals surface area contributed by atoms with E-state index in [-0.39, 0.29) is 0 Å². The van der Waals surface area contributed by atoms with E-state index in [1.807, 2.05) is 30.5 Å². The molecule has 0 spiro atoms. The molecule has 0 atom stereocenters. The summed E-state index contributed by atoms with van der Waals surface area (Å²) in [5.74, 6) is 0. The quantitative estimate of drug-likeness (QED) is 0.177. The molecule has 0 unspecified atom stereocenters. The number of hydrogen-bond acceptors (Lipinski definition) is 2. The van der Waals surface area contributed by atoms with Crippen molar-refractivity contribution in [2.75, 3.05) is 0 Å². The molecule has 7 aromatic carbocycles. The van der Waals surface area contributed by atoms with Crippen molar-refractivity contribution in [2.24, 2.45) is 0 Å². The lowest BCUT2D eigenvalue weighted by Crippen LogP contribution is -1.91. The van der Waals surface area contributed by atoms with Gasteiger partial charge < -0.3 is 4.42 Å². The molecule has 1 aromatic heterocycles. The van der Waals surface area contributed by atoms with Gasteiger partial charge in [-0.1, -0.05) is 91.0 Å². The Hall–Kier alpha value is -5.39. The minimum Gasteiger partial charge on any atom is -0.463 e. The molecule has 2 nitrogen and oxygen atoms in total. The average Bonchev–Trinajstić information content (AvgIpc) is 3.43. The molecular formula is C37H21NO. The van der Waals surface area contributed by atoms with E-state index >= 15 is 0 Å². The maximum atomic E-state index is 9.96. The minimum atomic E-state index is 0.656. The van der Waals surface area contributed by atoms with Gasteiger partial charge in [0.05, 0.1) is 17.9 Å². The van der Waals surface area contributed by atoms with E-state index < -0.39 is 0 Å². The van der Waals surface area contributed by atoms with Crippen molar-refractivity contribution in [1.29, 1.82) is 5.26 Å². The Labute approximate surface area is 225 Å². The molecule has 0 N–H and O–H groups in total. The molecule has 2 heteroatoms. The Bertz CT molecular complexity index is 2300. The number of rotatable bonds is 2. The van der Waals surface area contributed by atoms with Gasteiger partial charge in [-0.25, -0.2) is 0 Å². The molecule has 39 heavy (non-hydrogen) atoms. The second-order valence-electron chi connectivity index (χ2n) is 10.0. The summed E-state index contributed by atoms with van der Waals surface area (Å²) in [4.78, 5) is 0. The zero-order chi connectivity index (χ0) is 25.9. The van der Waals surface area contributed by atoms with Crippen LogP contribution in [-0.4, -0.2) is 0 Å². The fraction of sp³-hybridized carbons (Fsp3) is 0. The third kappa shape index (κ3) is 3.21. The van der Waals surface area contributed by atoms with Crippen molar-refractivity contribution in [3.8, 4) is 28.3 Å². The predicted octanol–water partition coefficient (Wildman–Crippen LogP) is 10.3. The zero-order valence-electron chi connectivity index (χ0n) is 21.0. The largest absolute Gasteiger partial charge is 0.463 e. The van der Waals surface area contributed by atoms with E-state index in [9.17, 15) is 5.26 Å². The smallest absolute Gasteiger partial charge is 0.142 e. The number of nitrogens with zero attached hydrogens (tertiary/aromatic N) is 1. The molecule has 8 aromatic rings. The molecule has 0 aliphatic carbocycles. The highest BCUT2D eigenvalue weighted by Crippen LogP contribution is 2.45. The first-order valence-electron chi connectivity index (χ1n) is 13.1. The summed E-state index contributed by atoms with van der Waals surface area (Å²) in [7, 11) is 0. The number of fused-ring (bicyclic) bond motifs is 7. The number of hydrogen-bond donors (Lipinski definition) is 0. The topological polar surface area (TPSA) is 36.9 Å². The maximum Gasteiger partial charge on any atom is 0.142 e. The Morgan fingerprint density at radius 1 is 0.462 bits per heavy atom. The number of benzene rings is 7. The Balaban J connectivity index is 1.50. The minimum absolute atomic E-state index is 0.656. The lowest BCUT2D eigenvalue weighted by molar-refractivity contribution is 0.620. The second-order valence-corrected chi connectivity index (χ2v) is 10.0. The molecule has 1 heterocycles. The van der Waals surface area contributed by atoms with Gasteiger partial charge in [-0.3, -0.25) is 0 Å². The molecule has 8 rings (SSSR count). The highest BCUT2D eigenvalue weighted by molar-refractivity contribution is 6.20. The van der Waals surface area contributed by atoms with E-state index in [2.05, 4.69) is 103 Å². The summed E-state index contributed by atoms with van der Waals surface area (Å²) >= 11 is 0. The Kier molecular flexibility index (Phi) is 4.62. The van der Waals surface area contributed by atoms with E-state index in [0.717, 1.165) is 49.4 Å². The van der Waals surface area contributed by atoms with Crippen LogP contribution in [0.4, 0.5) is 0 Å². The van der Waals surface area contributed by atoms with Crippen LogP contribution in [0.25, 0.3) is 76.3 Å². The second kappa shape index (κ2) is 8.31. The average molecular weight is 496 g/mol. The van der Waals surface area contributed by atoms with Gasteiger partial charge in [0.25, 0.3) is 0 Å². The first-order valence-corrected chi connectivity index (χ1v) is 13.1. The standard InChI is InChI=1S/C37H21NO/c38-21-27-10-4-6-12-29(27)31-15-14-26-19-24-8-1-2-9-25(24)20-34(26)36(31)35-22-39-37-32-16-13-23-7-3-5-11-28(23)30(32)17-18-33(35)37/h1-20,22H. The lowest BCUT2D eigenvalue weighted by atomic mass is 9.87. The summed E-state index contributed by atoms with van der Waals surface area (Å²) < 4.78 is 6.38. The zero-order valence-corrected chi connectivity index (χ0v) is 21.0. The van der Waals surface area contributed by atoms with Crippen molar-refractivity contribution < 1.29 is 4.42 Å². The van der Waals surface area contributed by atoms with Crippen LogP contribution < -0.4 is 0 Å². The molecule has 180 valence electrons. The van der Waals surface area contributed by atoms with E-state index in [0.29, 0.717) is 5.56 Å². The van der Waals surface area contributed by atoms with Gasteiger partial charge >= 0.3 is 0 Å². The van der Waals surface area contributed by atoms with Crippen LogP contribution >= 0.6 is 0 Å². The summed E-state index contributed by atoms with van der Waals surface area (Å²) in [6.45, 7) is 0. The molecule has 0 aliphatic rings. The fourth-order valence-corrected chi connectivity index (χ4v) is 6.12. The molecule has 0 aliphatic heterocycles. The van der Waals surface area contributed by atoms with Crippen molar-refractivity contribution in [2.45, 2.75) is 0 Å². The van der Waals surface area contributed by atoms with Crippen LogP contribution in [0.5, 0.6) is 0 Å². The van der Waals surface area contributed by atoms with Crippen LogP contribution in [0, 0.1) is 11.3 Å². The number of nitriles is 1. The van der Waals surface area contributed by atoms with Crippen molar-refractivity contribution in [1.82, 2.24) is 0 Å². The summed E-state index contributed by atoms with van der Waals surface area (Å²) in [6.07, 6.45) is 1.89. The highest BCUT2D eigenvalue weighted by atomic mass is 16.3. The molecule has 0 radical (unpaired) electrons. The van der Waals surface area contributed by atoms with E-state index in [1.165, 1.54) is 26.9 Å². The normalized spacial score (nSPS) is 11.6.